The van der Waals surface area contributed by atoms with Crippen molar-refractivity contribution >= 4 is 29.1 Å². The van der Waals surface area contributed by atoms with E-state index in [4.69, 9.17) is 11.6 Å². The average molecular weight is 291 g/mol. The molecule has 4 nitrogen and oxygen atoms in total. The largest absolute Gasteiger partial charge is 0.453 e. The van der Waals surface area contributed by atoms with Gasteiger partial charge in [-0.25, -0.2) is 4.79 Å². The van der Waals surface area contributed by atoms with Gasteiger partial charge in [0.1, 0.15) is 0 Å². The molecule has 0 aliphatic carbocycles. The van der Waals surface area contributed by atoms with E-state index in [-0.39, 0.29) is 0 Å². The van der Waals surface area contributed by atoms with Crippen LogP contribution in [0.4, 0.5) is 16.2 Å². The summed E-state index contributed by atoms with van der Waals surface area (Å²) in [7, 11) is 1.33. The Kier molecular flexibility index (Phi) is 4.85. The third-order valence-corrected chi connectivity index (χ3v) is 2.92. The van der Waals surface area contributed by atoms with Gasteiger partial charge in [-0.1, -0.05) is 29.8 Å². The Hall–Kier alpha value is -2.20. The molecule has 0 aliphatic rings. The number of amides is 1. The van der Waals surface area contributed by atoms with Crippen LogP contribution in [0.5, 0.6) is 0 Å². The second-order valence-corrected chi connectivity index (χ2v) is 4.62. The minimum Gasteiger partial charge on any atom is -0.453 e. The van der Waals surface area contributed by atoms with Crippen molar-refractivity contribution in [2.75, 3.05) is 17.7 Å². The monoisotopic (exact) mass is 290 g/mol. The van der Waals surface area contributed by atoms with Gasteiger partial charge in [-0.05, 0) is 35.9 Å². The third-order valence-electron chi connectivity index (χ3n) is 2.68. The first kappa shape index (κ1) is 14.2. The third kappa shape index (κ3) is 4.17. The summed E-state index contributed by atoms with van der Waals surface area (Å²) in [4.78, 5) is 11.1. The first-order valence-corrected chi connectivity index (χ1v) is 6.48. The lowest BCUT2D eigenvalue weighted by Crippen LogP contribution is -2.11. The van der Waals surface area contributed by atoms with Crippen molar-refractivity contribution in [3.63, 3.8) is 0 Å². The zero-order chi connectivity index (χ0) is 14.4. The normalized spacial score (nSPS) is 9.90. The molecule has 2 N–H and O–H groups in total. The quantitative estimate of drug-likeness (QED) is 0.890. The van der Waals surface area contributed by atoms with Crippen molar-refractivity contribution in [3.8, 4) is 0 Å². The fourth-order valence-electron chi connectivity index (χ4n) is 1.73. The topological polar surface area (TPSA) is 50.4 Å². The van der Waals surface area contributed by atoms with E-state index in [0.29, 0.717) is 17.3 Å². The summed E-state index contributed by atoms with van der Waals surface area (Å²) >= 11 is 5.94. The van der Waals surface area contributed by atoms with E-state index in [9.17, 15) is 4.79 Å². The molecule has 0 fully saturated rings. The molecule has 5 heteroatoms. The molecule has 0 unspecified atom stereocenters. The molecule has 0 saturated carbocycles. The number of hydrogen-bond acceptors (Lipinski definition) is 3. The van der Waals surface area contributed by atoms with E-state index >= 15 is 0 Å². The Morgan fingerprint density at radius 1 is 1.15 bits per heavy atom. The molecule has 0 bridgehead atoms. The molecule has 0 aliphatic heterocycles. The maximum atomic E-state index is 11.1. The van der Waals surface area contributed by atoms with E-state index in [1.54, 1.807) is 6.07 Å². The second-order valence-electron chi connectivity index (χ2n) is 4.18. The number of halogens is 1. The van der Waals surface area contributed by atoms with E-state index in [1.165, 1.54) is 7.11 Å². The molecular weight excluding hydrogens is 276 g/mol. The van der Waals surface area contributed by atoms with E-state index < -0.39 is 6.09 Å². The van der Waals surface area contributed by atoms with Crippen LogP contribution in [0.1, 0.15) is 5.56 Å². The van der Waals surface area contributed by atoms with Gasteiger partial charge in [-0.3, -0.25) is 5.32 Å². The average Bonchev–Trinajstić information content (AvgIpc) is 2.45. The Balaban J connectivity index is 1.99. The minimum atomic E-state index is -0.489. The molecule has 1 amide bonds. The van der Waals surface area contributed by atoms with Gasteiger partial charge in [0.2, 0.25) is 0 Å². The van der Waals surface area contributed by atoms with E-state index in [2.05, 4.69) is 15.4 Å². The van der Waals surface area contributed by atoms with Crippen molar-refractivity contribution in [2.45, 2.75) is 6.54 Å². The van der Waals surface area contributed by atoms with E-state index in [0.717, 1.165) is 11.3 Å². The Bertz CT molecular complexity index is 602. The maximum absolute atomic E-state index is 11.1. The van der Waals surface area contributed by atoms with Gasteiger partial charge in [-0.15, -0.1) is 0 Å². The molecule has 0 saturated heterocycles. The van der Waals surface area contributed by atoms with E-state index in [1.807, 2.05) is 42.5 Å². The molecule has 104 valence electrons. The number of rotatable bonds is 4. The first-order valence-electron chi connectivity index (χ1n) is 6.11. The Morgan fingerprint density at radius 3 is 2.65 bits per heavy atom. The fraction of sp³-hybridized carbons (Fsp3) is 0.133. The molecule has 0 aromatic heterocycles. The number of nitrogens with one attached hydrogen (secondary N) is 2. The number of anilines is 2. The number of methoxy groups -OCH3 is 1. The van der Waals surface area contributed by atoms with Crippen molar-refractivity contribution in [1.82, 2.24) is 0 Å². The molecular formula is C15H15ClN2O2. The highest BCUT2D eigenvalue weighted by Crippen LogP contribution is 2.17. The van der Waals surface area contributed by atoms with Crippen LogP contribution in [0.2, 0.25) is 5.02 Å². The summed E-state index contributed by atoms with van der Waals surface area (Å²) in [5, 5.41) is 6.60. The number of hydrogen-bond donors (Lipinski definition) is 2. The lowest BCUT2D eigenvalue weighted by molar-refractivity contribution is 0.187. The van der Waals surface area contributed by atoms with Crippen LogP contribution in [-0.4, -0.2) is 13.2 Å². The van der Waals surface area contributed by atoms with Crippen LogP contribution in [0.3, 0.4) is 0 Å². The van der Waals surface area contributed by atoms with Gasteiger partial charge >= 0.3 is 6.09 Å². The second kappa shape index (κ2) is 6.82. The molecule has 0 spiro atoms. The summed E-state index contributed by atoms with van der Waals surface area (Å²) in [6, 6.07) is 15.1. The number of carbonyl (C=O) groups is 1. The zero-order valence-corrected chi connectivity index (χ0v) is 11.8. The lowest BCUT2D eigenvalue weighted by Gasteiger charge is -2.09. The minimum absolute atomic E-state index is 0.489. The predicted octanol–water partition coefficient (Wildman–Crippen LogP) is 4.13. The molecule has 2 aromatic rings. The molecule has 2 aromatic carbocycles. The summed E-state index contributed by atoms with van der Waals surface area (Å²) in [5.74, 6) is 0. The Labute approximate surface area is 122 Å². The van der Waals surface area contributed by atoms with Crippen LogP contribution < -0.4 is 10.6 Å². The fourth-order valence-corrected chi connectivity index (χ4v) is 1.94. The van der Waals surface area contributed by atoms with Crippen LogP contribution >= 0.6 is 11.6 Å². The first-order chi connectivity index (χ1) is 9.67. The number of carbonyl (C=O) groups excluding carboxylic acids is 1. The predicted molar refractivity (Wildman–Crippen MR) is 81.2 cm³/mol. The van der Waals surface area contributed by atoms with Crippen molar-refractivity contribution < 1.29 is 9.53 Å². The SMILES string of the molecule is COC(=O)Nc1cccc(NCc2cccc(Cl)c2)c1. The summed E-state index contributed by atoms with van der Waals surface area (Å²) in [5.41, 5.74) is 2.66. The molecule has 2 rings (SSSR count). The van der Waals surface area contributed by atoms with Crippen LogP contribution in [0.25, 0.3) is 0 Å². The van der Waals surface area contributed by atoms with Crippen LogP contribution in [-0.2, 0) is 11.3 Å². The summed E-state index contributed by atoms with van der Waals surface area (Å²) in [6.45, 7) is 0.655. The number of ether oxygens (including phenoxy) is 1. The smallest absolute Gasteiger partial charge is 0.411 e. The maximum Gasteiger partial charge on any atom is 0.411 e. The molecule has 0 radical (unpaired) electrons. The standard InChI is InChI=1S/C15H15ClN2O2/c1-20-15(19)18-14-7-3-6-13(9-14)17-10-11-4-2-5-12(16)8-11/h2-9,17H,10H2,1H3,(H,18,19). The zero-order valence-electron chi connectivity index (χ0n) is 11.0. The van der Waals surface area contributed by atoms with Gasteiger partial charge in [0.05, 0.1) is 7.11 Å². The van der Waals surface area contributed by atoms with Crippen LogP contribution in [0, 0.1) is 0 Å². The summed E-state index contributed by atoms with van der Waals surface area (Å²) in [6.07, 6.45) is -0.489. The van der Waals surface area contributed by atoms with Crippen molar-refractivity contribution in [2.24, 2.45) is 0 Å². The van der Waals surface area contributed by atoms with Crippen molar-refractivity contribution in [3.05, 3.63) is 59.1 Å². The summed E-state index contributed by atoms with van der Waals surface area (Å²) < 4.78 is 4.55. The van der Waals surface area contributed by atoms with Gasteiger partial charge < -0.3 is 10.1 Å². The molecule has 0 atom stereocenters. The van der Waals surface area contributed by atoms with Gasteiger partial charge in [0, 0.05) is 22.9 Å². The Morgan fingerprint density at radius 2 is 1.90 bits per heavy atom. The number of benzene rings is 2. The van der Waals surface area contributed by atoms with Gasteiger partial charge in [0.15, 0.2) is 0 Å². The van der Waals surface area contributed by atoms with Crippen LogP contribution in [0.15, 0.2) is 48.5 Å². The van der Waals surface area contributed by atoms with Gasteiger partial charge in [-0.2, -0.15) is 0 Å². The highest BCUT2D eigenvalue weighted by molar-refractivity contribution is 6.30. The molecule has 0 heterocycles. The molecule has 20 heavy (non-hydrogen) atoms. The lowest BCUT2D eigenvalue weighted by atomic mass is 10.2. The highest BCUT2D eigenvalue weighted by Gasteiger charge is 2.01. The van der Waals surface area contributed by atoms with Crippen molar-refractivity contribution in [1.29, 1.82) is 0 Å². The van der Waals surface area contributed by atoms with Gasteiger partial charge in [0.25, 0.3) is 0 Å². The highest BCUT2D eigenvalue weighted by atomic mass is 35.5.